The lowest BCUT2D eigenvalue weighted by Gasteiger charge is -2.25. The van der Waals surface area contributed by atoms with E-state index in [2.05, 4.69) is 38.7 Å². The summed E-state index contributed by atoms with van der Waals surface area (Å²) < 4.78 is 2.06. The Balaban J connectivity index is 1.02. The molecule has 3 N–H and O–H groups in total. The molecule has 6 aromatic rings. The van der Waals surface area contributed by atoms with E-state index in [4.69, 9.17) is 15.7 Å². The van der Waals surface area contributed by atoms with E-state index in [-0.39, 0.29) is 22.6 Å². The third-order valence-electron chi connectivity index (χ3n) is 9.90. The van der Waals surface area contributed by atoms with Crippen molar-refractivity contribution >= 4 is 29.2 Å². The Bertz CT molecular complexity index is 2200. The van der Waals surface area contributed by atoms with Crippen LogP contribution in [-0.2, 0) is 6.54 Å². The number of phenols is 1. The molecule has 49 heavy (non-hydrogen) atoms. The number of imidazole rings is 1. The number of anilines is 1. The maximum Gasteiger partial charge on any atom is 0.253 e. The lowest BCUT2D eigenvalue weighted by Crippen LogP contribution is -2.34. The van der Waals surface area contributed by atoms with Crippen LogP contribution in [0, 0.1) is 5.41 Å². The van der Waals surface area contributed by atoms with E-state index in [9.17, 15) is 14.7 Å². The number of nitrogens with two attached hydrogens (primary N) is 1. The maximum absolute atomic E-state index is 13.3. The fourth-order valence-electron chi connectivity index (χ4n) is 7.34. The van der Waals surface area contributed by atoms with Crippen LogP contribution >= 0.6 is 0 Å². The van der Waals surface area contributed by atoms with Crippen LogP contribution in [0.5, 0.6) is 5.75 Å². The molecule has 3 aromatic heterocycles. The molecule has 1 amide bonds. The number of aromatic nitrogens is 4. The average Bonchev–Trinajstić information content (AvgIpc) is 3.85. The van der Waals surface area contributed by atoms with Gasteiger partial charge in [0, 0.05) is 54.6 Å². The predicted molar refractivity (Wildman–Crippen MR) is 188 cm³/mol. The summed E-state index contributed by atoms with van der Waals surface area (Å²) in [5, 5.41) is 9.85. The number of nitrogens with zero attached hydrogens (tertiary/aromatic N) is 6. The Morgan fingerprint density at radius 2 is 1.71 bits per heavy atom. The Hall–Kier alpha value is -5.87. The molecule has 0 aliphatic carbocycles. The van der Waals surface area contributed by atoms with E-state index in [0.717, 1.165) is 66.1 Å². The summed E-state index contributed by atoms with van der Waals surface area (Å²) in [7, 11) is 0. The van der Waals surface area contributed by atoms with E-state index in [1.165, 1.54) is 17.7 Å². The van der Waals surface area contributed by atoms with Crippen LogP contribution in [-0.4, -0.2) is 72.8 Å². The Kier molecular flexibility index (Phi) is 7.64. The molecule has 0 radical (unpaired) electrons. The van der Waals surface area contributed by atoms with Crippen molar-refractivity contribution in [1.82, 2.24) is 29.3 Å². The van der Waals surface area contributed by atoms with Crippen molar-refractivity contribution in [3.63, 3.8) is 0 Å². The highest BCUT2D eigenvalue weighted by Gasteiger charge is 2.44. The Morgan fingerprint density at radius 3 is 2.51 bits per heavy atom. The number of pyridine rings is 2. The van der Waals surface area contributed by atoms with E-state index in [1.54, 1.807) is 12.3 Å². The van der Waals surface area contributed by atoms with Crippen molar-refractivity contribution in [2.45, 2.75) is 19.4 Å². The van der Waals surface area contributed by atoms with Crippen LogP contribution in [0.4, 0.5) is 5.82 Å². The first kappa shape index (κ1) is 30.5. The number of amides is 1. The van der Waals surface area contributed by atoms with Crippen molar-refractivity contribution in [1.29, 1.82) is 0 Å². The van der Waals surface area contributed by atoms with Gasteiger partial charge in [-0.1, -0.05) is 42.5 Å². The van der Waals surface area contributed by atoms with E-state index in [1.807, 2.05) is 59.5 Å². The first-order valence-corrected chi connectivity index (χ1v) is 16.4. The number of rotatable bonds is 7. The normalized spacial score (nSPS) is 17.7. The first-order valence-electron chi connectivity index (χ1n) is 16.4. The average molecular weight is 650 g/mol. The highest BCUT2D eigenvalue weighted by atomic mass is 16.3. The zero-order valence-electron chi connectivity index (χ0n) is 26.9. The van der Waals surface area contributed by atoms with Gasteiger partial charge < -0.3 is 15.7 Å². The molecular weight excluding hydrogens is 614 g/mol. The summed E-state index contributed by atoms with van der Waals surface area (Å²) in [5.74, 6) is 0.874. The SMILES string of the molecule is Nc1ncccc1-c1nc2ccc(-c3ccccc3)nc2n1-c1ccc(CN2CC[C@]3(CCN(C(=O)c4ccc(O)c(C=O)c4)C3)C2)cc1. The number of aldehydes is 1. The number of aromatic hydroxyl groups is 1. The molecule has 2 saturated heterocycles. The first-order chi connectivity index (χ1) is 23.9. The molecule has 0 bridgehead atoms. The fourth-order valence-corrected chi connectivity index (χ4v) is 7.34. The number of hydrogen-bond acceptors (Lipinski definition) is 8. The maximum atomic E-state index is 13.3. The van der Waals surface area contributed by atoms with Crippen molar-refractivity contribution in [3.8, 4) is 34.1 Å². The monoisotopic (exact) mass is 649 g/mol. The van der Waals surface area contributed by atoms with Gasteiger partial charge in [-0.05, 0) is 79.5 Å². The summed E-state index contributed by atoms with van der Waals surface area (Å²) >= 11 is 0. The molecule has 2 aliphatic heterocycles. The second kappa shape index (κ2) is 12.3. The number of nitrogen functional groups attached to an aromatic ring is 1. The molecule has 3 aromatic carbocycles. The lowest BCUT2D eigenvalue weighted by atomic mass is 9.86. The third kappa shape index (κ3) is 5.70. The fraction of sp³-hybridized carbons (Fsp3) is 0.205. The highest BCUT2D eigenvalue weighted by Crippen LogP contribution is 2.41. The van der Waals surface area contributed by atoms with Gasteiger partial charge in [-0.3, -0.25) is 19.1 Å². The minimum atomic E-state index is -0.116. The zero-order valence-corrected chi connectivity index (χ0v) is 26.9. The summed E-state index contributed by atoms with van der Waals surface area (Å²) in [4.78, 5) is 43.3. The number of fused-ring (bicyclic) bond motifs is 1. The van der Waals surface area contributed by atoms with Gasteiger partial charge >= 0.3 is 0 Å². The summed E-state index contributed by atoms with van der Waals surface area (Å²) in [6.45, 7) is 4.05. The van der Waals surface area contributed by atoms with Gasteiger partial charge in [0.15, 0.2) is 17.8 Å². The van der Waals surface area contributed by atoms with Crippen molar-refractivity contribution < 1.29 is 14.7 Å². The number of carbonyl (C=O) groups excluding carboxylic acids is 2. The number of hydrogen-bond donors (Lipinski definition) is 2. The molecule has 10 heteroatoms. The van der Waals surface area contributed by atoms with Crippen LogP contribution in [0.15, 0.2) is 103 Å². The Morgan fingerprint density at radius 1 is 0.898 bits per heavy atom. The molecule has 10 nitrogen and oxygen atoms in total. The van der Waals surface area contributed by atoms with Crippen LogP contribution in [0.25, 0.3) is 39.5 Å². The molecule has 5 heterocycles. The lowest BCUT2D eigenvalue weighted by molar-refractivity contribution is 0.0773. The topological polar surface area (TPSA) is 130 Å². The van der Waals surface area contributed by atoms with Crippen molar-refractivity contribution in [3.05, 3.63) is 120 Å². The Labute approximate surface area is 283 Å². The largest absolute Gasteiger partial charge is 0.507 e. The molecular formula is C39H35N7O3. The molecule has 0 unspecified atom stereocenters. The van der Waals surface area contributed by atoms with Gasteiger partial charge in [-0.25, -0.2) is 15.0 Å². The van der Waals surface area contributed by atoms with Gasteiger partial charge in [0.2, 0.25) is 0 Å². The smallest absolute Gasteiger partial charge is 0.253 e. The molecule has 1 atom stereocenters. The van der Waals surface area contributed by atoms with Crippen molar-refractivity contribution in [2.24, 2.45) is 5.41 Å². The molecule has 2 aliphatic rings. The molecule has 8 rings (SSSR count). The van der Waals surface area contributed by atoms with Crippen LogP contribution in [0.2, 0.25) is 0 Å². The van der Waals surface area contributed by atoms with Gasteiger partial charge in [0.05, 0.1) is 16.8 Å². The summed E-state index contributed by atoms with van der Waals surface area (Å²) in [5.41, 5.74) is 13.2. The molecule has 2 fully saturated rings. The number of carbonyl (C=O) groups is 2. The van der Waals surface area contributed by atoms with Crippen LogP contribution < -0.4 is 5.73 Å². The van der Waals surface area contributed by atoms with E-state index < -0.39 is 0 Å². The van der Waals surface area contributed by atoms with Crippen molar-refractivity contribution in [2.75, 3.05) is 31.9 Å². The van der Waals surface area contributed by atoms with Gasteiger partial charge in [0.25, 0.3) is 5.91 Å². The summed E-state index contributed by atoms with van der Waals surface area (Å²) in [6, 6.07) is 30.9. The molecule has 244 valence electrons. The summed E-state index contributed by atoms with van der Waals surface area (Å²) in [6.07, 6.45) is 4.22. The third-order valence-corrected chi connectivity index (χ3v) is 9.90. The van der Waals surface area contributed by atoms with Crippen LogP contribution in [0.1, 0.15) is 39.1 Å². The number of benzene rings is 3. The van der Waals surface area contributed by atoms with Gasteiger partial charge in [0.1, 0.15) is 17.1 Å². The van der Waals surface area contributed by atoms with E-state index >= 15 is 0 Å². The number of phenolic OH excluding ortho intramolecular Hbond substituents is 1. The standard InChI is InChI=1S/C39H35N7O3/c40-35-31(7-4-18-41-35)36-43-33-14-13-32(27-5-2-1-3-6-27)42-37(33)46(36)30-11-8-26(9-12-30)22-44-19-16-39(24-44)17-20-45(25-39)38(49)28-10-15-34(48)29(21-28)23-47/h1-15,18,21,23,48H,16-17,19-20,22,24-25H2,(H2,40,41)/t39-/m0/s1. The van der Waals surface area contributed by atoms with Crippen LogP contribution in [0.3, 0.4) is 0 Å². The predicted octanol–water partition coefficient (Wildman–Crippen LogP) is 5.99. The van der Waals surface area contributed by atoms with Gasteiger partial charge in [-0.2, -0.15) is 0 Å². The number of likely N-dealkylation sites (tertiary alicyclic amines) is 2. The minimum Gasteiger partial charge on any atom is -0.507 e. The second-order valence-electron chi connectivity index (χ2n) is 13.1. The van der Waals surface area contributed by atoms with E-state index in [0.29, 0.717) is 36.6 Å². The quantitative estimate of drug-likeness (QED) is 0.202. The second-order valence-corrected chi connectivity index (χ2v) is 13.1. The molecule has 1 spiro atoms. The molecule has 0 saturated carbocycles. The highest BCUT2D eigenvalue weighted by molar-refractivity contribution is 5.96. The van der Waals surface area contributed by atoms with Gasteiger partial charge in [-0.15, -0.1) is 0 Å². The zero-order chi connectivity index (χ0) is 33.5. The minimum absolute atomic E-state index is 0.0520.